The molecule has 1 unspecified atom stereocenters. The van der Waals surface area contributed by atoms with Crippen LogP contribution in [-0.4, -0.2) is 53.2 Å². The topological polar surface area (TPSA) is 59.4 Å². The lowest BCUT2D eigenvalue weighted by atomic mass is 9.96. The molecular weight excluding hydrogens is 407 g/mol. The molecule has 1 aromatic carbocycles. The Kier molecular flexibility index (Phi) is 6.55. The minimum atomic E-state index is -0.439. The van der Waals surface area contributed by atoms with E-state index in [0.29, 0.717) is 17.3 Å². The van der Waals surface area contributed by atoms with Gasteiger partial charge in [-0.15, -0.1) is 0 Å². The summed E-state index contributed by atoms with van der Waals surface area (Å²) < 4.78 is 20.7. The Bertz CT molecular complexity index is 1080. The third-order valence-corrected chi connectivity index (χ3v) is 6.29. The van der Waals surface area contributed by atoms with E-state index in [0.717, 1.165) is 48.6 Å². The van der Waals surface area contributed by atoms with Crippen molar-refractivity contribution in [3.63, 3.8) is 0 Å². The lowest BCUT2D eigenvalue weighted by molar-refractivity contribution is 0.0591. The van der Waals surface area contributed by atoms with Crippen LogP contribution in [0.25, 0.3) is 22.3 Å². The largest absolute Gasteiger partial charge is 0.464 e. The van der Waals surface area contributed by atoms with E-state index in [-0.39, 0.29) is 5.82 Å². The molecule has 1 fully saturated rings. The number of likely N-dealkylation sites (tertiary alicyclic amines) is 1. The number of rotatable bonds is 7. The van der Waals surface area contributed by atoms with Gasteiger partial charge in [0.05, 0.1) is 7.11 Å². The molecule has 2 aromatic heterocycles. The number of anilines is 1. The Labute approximate surface area is 188 Å². The molecular formula is C25H29FN4O2. The molecule has 1 atom stereocenters. The summed E-state index contributed by atoms with van der Waals surface area (Å²) in [6, 6.07) is 10.5. The number of ether oxygens (including phenoxy) is 1. The van der Waals surface area contributed by atoms with Crippen molar-refractivity contribution >= 4 is 11.8 Å². The van der Waals surface area contributed by atoms with Gasteiger partial charge in [-0.3, -0.25) is 9.88 Å². The molecule has 0 amide bonds. The zero-order chi connectivity index (χ0) is 22.7. The molecule has 32 heavy (non-hydrogen) atoms. The third kappa shape index (κ3) is 4.12. The number of nitrogens with zero attached hydrogens (tertiary/aromatic N) is 3. The molecule has 1 aliphatic rings. The van der Waals surface area contributed by atoms with Crippen LogP contribution in [0.3, 0.4) is 0 Å². The highest BCUT2D eigenvalue weighted by molar-refractivity contribution is 6.05. The number of halogens is 1. The zero-order valence-electron chi connectivity index (χ0n) is 18.8. The number of aromatic nitrogens is 2. The summed E-state index contributed by atoms with van der Waals surface area (Å²) in [5, 5.41) is 3.63. The molecule has 0 bridgehead atoms. The van der Waals surface area contributed by atoms with Crippen LogP contribution in [0.2, 0.25) is 0 Å². The highest BCUT2D eigenvalue weighted by atomic mass is 19.1. The van der Waals surface area contributed by atoms with Crippen molar-refractivity contribution in [1.29, 1.82) is 0 Å². The molecule has 168 valence electrons. The third-order valence-electron chi connectivity index (χ3n) is 6.29. The highest BCUT2D eigenvalue weighted by Crippen LogP contribution is 2.43. The van der Waals surface area contributed by atoms with Gasteiger partial charge < -0.3 is 14.6 Å². The van der Waals surface area contributed by atoms with Crippen molar-refractivity contribution in [2.75, 3.05) is 32.1 Å². The fourth-order valence-electron chi connectivity index (χ4n) is 4.68. The first-order chi connectivity index (χ1) is 15.5. The first-order valence-corrected chi connectivity index (χ1v) is 11.0. The second-order valence-corrected chi connectivity index (χ2v) is 8.05. The van der Waals surface area contributed by atoms with Gasteiger partial charge in [-0.1, -0.05) is 19.1 Å². The normalized spacial score (nSPS) is 16.3. The predicted molar refractivity (Wildman–Crippen MR) is 124 cm³/mol. The van der Waals surface area contributed by atoms with E-state index in [2.05, 4.69) is 22.1 Å². The smallest absolute Gasteiger partial charge is 0.355 e. The fourth-order valence-corrected chi connectivity index (χ4v) is 4.68. The number of likely N-dealkylation sites (N-methyl/N-ethyl adjacent to an activating group) is 1. The average Bonchev–Trinajstić information content (AvgIpc) is 3.40. The maximum Gasteiger partial charge on any atom is 0.355 e. The maximum absolute atomic E-state index is 13.7. The number of hydrogen-bond acceptors (Lipinski definition) is 5. The SMILES string of the molecule is CCN1CCCC1CNc1c(-c2ccncc2)c(-c2ccc(F)cc2)c(C(=O)OC)n1C. The van der Waals surface area contributed by atoms with Crippen molar-refractivity contribution in [2.24, 2.45) is 7.05 Å². The first-order valence-electron chi connectivity index (χ1n) is 11.0. The number of hydrogen-bond donors (Lipinski definition) is 1. The second-order valence-electron chi connectivity index (χ2n) is 8.05. The summed E-state index contributed by atoms with van der Waals surface area (Å²) in [6.07, 6.45) is 5.80. The van der Waals surface area contributed by atoms with Gasteiger partial charge in [0.15, 0.2) is 0 Å². The Balaban J connectivity index is 1.88. The molecule has 1 aliphatic heterocycles. The quantitative estimate of drug-likeness (QED) is 0.550. The van der Waals surface area contributed by atoms with Gasteiger partial charge in [-0.05, 0) is 61.3 Å². The van der Waals surface area contributed by atoms with E-state index in [1.807, 2.05) is 23.7 Å². The number of pyridine rings is 1. The Hall–Kier alpha value is -3.19. The summed E-state index contributed by atoms with van der Waals surface area (Å²) in [5.41, 5.74) is 3.69. The molecule has 6 nitrogen and oxygen atoms in total. The molecule has 0 radical (unpaired) electrons. The average molecular weight is 437 g/mol. The van der Waals surface area contributed by atoms with Crippen LogP contribution in [0.5, 0.6) is 0 Å². The van der Waals surface area contributed by atoms with E-state index >= 15 is 0 Å². The minimum Gasteiger partial charge on any atom is -0.464 e. The minimum absolute atomic E-state index is 0.325. The van der Waals surface area contributed by atoms with Gasteiger partial charge in [0.25, 0.3) is 0 Å². The number of methoxy groups -OCH3 is 1. The summed E-state index contributed by atoms with van der Waals surface area (Å²) in [6.45, 7) is 5.09. The van der Waals surface area contributed by atoms with Gasteiger partial charge in [-0.25, -0.2) is 9.18 Å². The van der Waals surface area contributed by atoms with Crippen LogP contribution in [0, 0.1) is 5.82 Å². The van der Waals surface area contributed by atoms with Crippen LogP contribution in [0.1, 0.15) is 30.3 Å². The van der Waals surface area contributed by atoms with E-state index in [4.69, 9.17) is 4.74 Å². The lowest BCUT2D eigenvalue weighted by Crippen LogP contribution is -2.35. The maximum atomic E-state index is 13.7. The van der Waals surface area contributed by atoms with Gasteiger partial charge >= 0.3 is 5.97 Å². The van der Waals surface area contributed by atoms with Crippen LogP contribution >= 0.6 is 0 Å². The van der Waals surface area contributed by atoms with E-state index in [1.165, 1.54) is 25.7 Å². The second kappa shape index (κ2) is 9.53. The van der Waals surface area contributed by atoms with E-state index < -0.39 is 5.97 Å². The van der Waals surface area contributed by atoms with Crippen molar-refractivity contribution in [2.45, 2.75) is 25.8 Å². The first kappa shape index (κ1) is 22.0. The summed E-state index contributed by atoms with van der Waals surface area (Å²) >= 11 is 0. The summed E-state index contributed by atoms with van der Waals surface area (Å²) in [4.78, 5) is 19.5. The standard InChI is InChI=1S/C25H29FN4O2/c1-4-30-15-5-6-20(30)16-28-24-22(18-11-13-27-14-12-18)21(17-7-9-19(26)10-8-17)23(29(24)2)25(31)32-3/h7-14,20,28H,4-6,15-16H2,1-3H3. The predicted octanol–water partition coefficient (Wildman–Crippen LogP) is 4.58. The Morgan fingerprint density at radius 3 is 2.50 bits per heavy atom. The van der Waals surface area contributed by atoms with Gasteiger partial charge in [0, 0.05) is 43.2 Å². The molecule has 0 aliphatic carbocycles. The van der Waals surface area contributed by atoms with E-state index in [9.17, 15) is 9.18 Å². The monoisotopic (exact) mass is 436 g/mol. The van der Waals surface area contributed by atoms with Gasteiger partial charge in [-0.2, -0.15) is 0 Å². The molecule has 1 saturated heterocycles. The molecule has 1 N–H and O–H groups in total. The number of benzene rings is 1. The molecule has 7 heteroatoms. The van der Waals surface area contributed by atoms with Crippen molar-refractivity contribution < 1.29 is 13.9 Å². The van der Waals surface area contributed by atoms with Crippen LogP contribution < -0.4 is 5.32 Å². The molecule has 3 aromatic rings. The van der Waals surface area contributed by atoms with Gasteiger partial charge in [0.2, 0.25) is 0 Å². The molecule has 0 spiro atoms. The number of carbonyl (C=O) groups excluding carboxylic acids is 1. The van der Waals surface area contributed by atoms with Crippen molar-refractivity contribution in [1.82, 2.24) is 14.5 Å². The molecule has 4 rings (SSSR count). The number of nitrogens with one attached hydrogen (secondary N) is 1. The summed E-state index contributed by atoms with van der Waals surface area (Å²) in [7, 11) is 3.24. The Morgan fingerprint density at radius 1 is 1.16 bits per heavy atom. The highest BCUT2D eigenvalue weighted by Gasteiger charge is 2.29. The summed E-state index contributed by atoms with van der Waals surface area (Å²) in [5.74, 6) is 0.0686. The molecule has 3 heterocycles. The lowest BCUT2D eigenvalue weighted by Gasteiger charge is -2.24. The van der Waals surface area contributed by atoms with Gasteiger partial charge in [0.1, 0.15) is 17.3 Å². The Morgan fingerprint density at radius 2 is 1.84 bits per heavy atom. The van der Waals surface area contributed by atoms with E-state index in [1.54, 1.807) is 24.5 Å². The van der Waals surface area contributed by atoms with Crippen molar-refractivity contribution in [3.05, 3.63) is 60.3 Å². The number of esters is 1. The van der Waals surface area contributed by atoms with Crippen LogP contribution in [0.4, 0.5) is 10.2 Å². The number of carbonyl (C=O) groups is 1. The van der Waals surface area contributed by atoms with Crippen molar-refractivity contribution in [3.8, 4) is 22.3 Å². The molecule has 0 saturated carbocycles. The fraction of sp³-hybridized carbons (Fsp3) is 0.360. The zero-order valence-corrected chi connectivity index (χ0v) is 18.8. The van der Waals surface area contributed by atoms with Crippen LogP contribution in [0.15, 0.2) is 48.8 Å². The van der Waals surface area contributed by atoms with Crippen LogP contribution in [-0.2, 0) is 11.8 Å².